The number of rotatable bonds is 6. The Balaban J connectivity index is 3.12. The van der Waals surface area contributed by atoms with Crippen molar-refractivity contribution in [3.05, 3.63) is 33.8 Å². The summed E-state index contributed by atoms with van der Waals surface area (Å²) in [6, 6.07) is 3.72. The third-order valence-electron chi connectivity index (χ3n) is 4.56. The van der Waals surface area contributed by atoms with Crippen LogP contribution in [0, 0.1) is 0 Å². The fraction of sp³-hybridized carbons (Fsp3) is 0.647. The van der Waals surface area contributed by atoms with Crippen molar-refractivity contribution in [2.45, 2.75) is 70.9 Å². The average molecular weight is 411 g/mol. The van der Waals surface area contributed by atoms with Crippen molar-refractivity contribution in [3.63, 3.8) is 0 Å². The van der Waals surface area contributed by atoms with Crippen LogP contribution < -0.4 is 0 Å². The molecule has 0 heterocycles. The Hall–Kier alpha value is -0.333. The van der Waals surface area contributed by atoms with Crippen molar-refractivity contribution in [3.8, 4) is 0 Å². The molecule has 0 aliphatic carbocycles. The zero-order valence-corrected chi connectivity index (χ0v) is 17.2. The van der Waals surface area contributed by atoms with Crippen LogP contribution in [0.4, 0.5) is 13.2 Å². The van der Waals surface area contributed by atoms with E-state index in [-0.39, 0.29) is 6.61 Å². The first-order valence-electron chi connectivity index (χ1n) is 7.92. The van der Waals surface area contributed by atoms with Crippen molar-refractivity contribution in [2.24, 2.45) is 0 Å². The lowest BCUT2D eigenvalue weighted by Crippen LogP contribution is -2.47. The molecule has 1 rings (SSSR count). The Kier molecular flexibility index (Phi) is 6.93. The normalized spacial score (nSPS) is 13.4. The lowest BCUT2D eigenvalue weighted by molar-refractivity contribution is -0.137. The monoisotopic (exact) mass is 410 g/mol. The highest BCUT2D eigenvalue weighted by Gasteiger charge is 2.45. The molecule has 1 aromatic carbocycles. The Morgan fingerprint density at radius 1 is 1.00 bits per heavy atom. The topological polar surface area (TPSA) is 9.23 Å². The summed E-state index contributed by atoms with van der Waals surface area (Å²) >= 11 is 3.34. The average Bonchev–Trinajstić information content (AvgIpc) is 2.38. The zero-order chi connectivity index (χ0) is 18.0. The summed E-state index contributed by atoms with van der Waals surface area (Å²) in [5.74, 6) is 0. The summed E-state index contributed by atoms with van der Waals surface area (Å²) in [5, 5.41) is 0. The van der Waals surface area contributed by atoms with E-state index in [0.29, 0.717) is 26.7 Å². The minimum Gasteiger partial charge on any atom is -0.412 e. The molecule has 0 fully saturated rings. The lowest BCUT2D eigenvalue weighted by atomic mass is 10.1. The number of hydrogen-bond donors (Lipinski definition) is 0. The summed E-state index contributed by atoms with van der Waals surface area (Å²) in [4.78, 5) is 0. The highest BCUT2D eigenvalue weighted by atomic mass is 79.9. The molecule has 0 atom stereocenters. The van der Waals surface area contributed by atoms with Crippen molar-refractivity contribution in [2.75, 3.05) is 0 Å². The zero-order valence-electron chi connectivity index (χ0n) is 14.6. The summed E-state index contributed by atoms with van der Waals surface area (Å²) in [6.45, 7) is 13.2. The molecule has 0 unspecified atom stereocenters. The second-order valence-electron chi connectivity index (χ2n) is 6.91. The number of benzene rings is 1. The van der Waals surface area contributed by atoms with E-state index in [1.807, 2.05) is 0 Å². The molecule has 23 heavy (non-hydrogen) atoms. The van der Waals surface area contributed by atoms with Gasteiger partial charge in [0.25, 0.3) is 0 Å². The summed E-state index contributed by atoms with van der Waals surface area (Å²) in [6.07, 6.45) is -4.34. The first-order chi connectivity index (χ1) is 10.4. The molecular weight excluding hydrogens is 385 g/mol. The smallest absolute Gasteiger partial charge is 0.412 e. The molecule has 1 nitrogen and oxygen atoms in total. The van der Waals surface area contributed by atoms with Crippen molar-refractivity contribution in [1.29, 1.82) is 0 Å². The quantitative estimate of drug-likeness (QED) is 0.451. The number of hydrogen-bond acceptors (Lipinski definition) is 1. The van der Waals surface area contributed by atoms with Gasteiger partial charge in [-0.1, -0.05) is 57.5 Å². The Labute approximate surface area is 146 Å². The summed E-state index contributed by atoms with van der Waals surface area (Å²) in [5.41, 5.74) is 1.11. The standard InChI is InChI=1S/C17H26BrF3OSi/c1-11(2)23(12(3)4,13(5)6)22-10-14-9-15(17(19,20)21)7-8-16(14)18/h7-9,11-13H,10H2,1-6H3. The first-order valence-corrected chi connectivity index (χ1v) is 10.9. The van der Waals surface area contributed by atoms with Gasteiger partial charge in [-0.3, -0.25) is 0 Å². The molecule has 0 saturated heterocycles. The van der Waals surface area contributed by atoms with Crippen LogP contribution in [0.3, 0.4) is 0 Å². The van der Waals surface area contributed by atoms with Gasteiger partial charge in [-0.05, 0) is 40.4 Å². The fourth-order valence-corrected chi connectivity index (χ4v) is 9.33. The molecule has 0 aliphatic heterocycles. The van der Waals surface area contributed by atoms with E-state index in [9.17, 15) is 13.2 Å². The van der Waals surface area contributed by atoms with Gasteiger partial charge in [0.15, 0.2) is 0 Å². The minimum absolute atomic E-state index is 0.214. The number of alkyl halides is 3. The Morgan fingerprint density at radius 3 is 1.87 bits per heavy atom. The molecule has 132 valence electrons. The molecule has 0 amide bonds. The molecule has 0 saturated carbocycles. The van der Waals surface area contributed by atoms with E-state index < -0.39 is 20.1 Å². The molecular formula is C17H26BrF3OSi. The number of halogens is 4. The second-order valence-corrected chi connectivity index (χ2v) is 13.2. The van der Waals surface area contributed by atoms with E-state index in [1.165, 1.54) is 12.1 Å². The highest BCUT2D eigenvalue weighted by Crippen LogP contribution is 2.43. The molecule has 0 spiro atoms. The maximum atomic E-state index is 12.9. The van der Waals surface area contributed by atoms with Gasteiger partial charge in [-0.25, -0.2) is 0 Å². The first kappa shape index (κ1) is 20.7. The molecule has 0 aromatic heterocycles. The highest BCUT2D eigenvalue weighted by molar-refractivity contribution is 9.10. The van der Waals surface area contributed by atoms with Crippen LogP contribution in [-0.4, -0.2) is 8.32 Å². The predicted molar refractivity (Wildman–Crippen MR) is 95.0 cm³/mol. The van der Waals surface area contributed by atoms with E-state index >= 15 is 0 Å². The van der Waals surface area contributed by atoms with E-state index in [1.54, 1.807) is 0 Å². The fourth-order valence-electron chi connectivity index (χ4n) is 3.56. The van der Waals surface area contributed by atoms with Crippen LogP contribution in [0.2, 0.25) is 16.6 Å². The van der Waals surface area contributed by atoms with Crippen LogP contribution >= 0.6 is 15.9 Å². The molecule has 0 aliphatic rings. The minimum atomic E-state index is -4.34. The summed E-state index contributed by atoms with van der Waals surface area (Å²) in [7, 11) is -2.10. The maximum Gasteiger partial charge on any atom is 0.416 e. The maximum absolute atomic E-state index is 12.9. The molecule has 6 heteroatoms. The molecule has 0 bridgehead atoms. The van der Waals surface area contributed by atoms with Crippen molar-refractivity contribution in [1.82, 2.24) is 0 Å². The summed E-state index contributed by atoms with van der Waals surface area (Å²) < 4.78 is 45.8. The Morgan fingerprint density at radius 2 is 1.48 bits per heavy atom. The molecule has 0 N–H and O–H groups in total. The van der Waals surface area contributed by atoms with Gasteiger partial charge in [-0.2, -0.15) is 13.2 Å². The van der Waals surface area contributed by atoms with Gasteiger partial charge in [0, 0.05) is 4.47 Å². The van der Waals surface area contributed by atoms with Gasteiger partial charge in [0.1, 0.15) is 0 Å². The second kappa shape index (κ2) is 7.70. The van der Waals surface area contributed by atoms with Gasteiger partial charge in [0.05, 0.1) is 12.2 Å². The van der Waals surface area contributed by atoms with Crippen LogP contribution in [0.1, 0.15) is 52.7 Å². The Bertz CT molecular complexity index is 505. The third-order valence-corrected chi connectivity index (χ3v) is 11.4. The molecule has 0 radical (unpaired) electrons. The van der Waals surface area contributed by atoms with Crippen molar-refractivity contribution >= 4 is 24.2 Å². The predicted octanol–water partition coefficient (Wildman–Crippen LogP) is 7.16. The lowest BCUT2D eigenvalue weighted by Gasteiger charge is -2.42. The van der Waals surface area contributed by atoms with Gasteiger partial charge in [-0.15, -0.1) is 0 Å². The molecule has 1 aromatic rings. The largest absolute Gasteiger partial charge is 0.416 e. The van der Waals surface area contributed by atoms with E-state index in [2.05, 4.69) is 57.5 Å². The van der Waals surface area contributed by atoms with Crippen LogP contribution in [0.15, 0.2) is 22.7 Å². The van der Waals surface area contributed by atoms with Crippen LogP contribution in [-0.2, 0) is 17.2 Å². The third kappa shape index (κ3) is 4.60. The van der Waals surface area contributed by atoms with E-state index in [4.69, 9.17) is 4.43 Å². The van der Waals surface area contributed by atoms with Gasteiger partial charge < -0.3 is 4.43 Å². The van der Waals surface area contributed by atoms with Crippen LogP contribution in [0.5, 0.6) is 0 Å². The van der Waals surface area contributed by atoms with Gasteiger partial charge >= 0.3 is 6.18 Å². The van der Waals surface area contributed by atoms with Gasteiger partial charge in [0.2, 0.25) is 8.32 Å². The van der Waals surface area contributed by atoms with Crippen molar-refractivity contribution < 1.29 is 17.6 Å². The SMILES string of the molecule is CC(C)[Si](OCc1cc(C(F)(F)F)ccc1Br)(C(C)C)C(C)C. The van der Waals surface area contributed by atoms with Crippen LogP contribution in [0.25, 0.3) is 0 Å². The van der Waals surface area contributed by atoms with E-state index in [0.717, 1.165) is 6.07 Å².